The Hall–Kier alpha value is -2.23. The van der Waals surface area contributed by atoms with Crippen LogP contribution in [0.25, 0.3) is 0 Å². The first-order valence-electron chi connectivity index (χ1n) is 9.94. The van der Waals surface area contributed by atoms with E-state index in [9.17, 15) is 15.0 Å². The Morgan fingerprint density at radius 1 is 1.33 bits per heavy atom. The highest BCUT2D eigenvalue weighted by Gasteiger charge is 2.32. The summed E-state index contributed by atoms with van der Waals surface area (Å²) in [4.78, 5) is 12.5. The van der Waals surface area contributed by atoms with Crippen LogP contribution in [0, 0.1) is 5.92 Å². The first-order valence-corrected chi connectivity index (χ1v) is 9.94. The molecule has 1 amide bonds. The lowest BCUT2D eigenvalue weighted by Crippen LogP contribution is -2.22. The van der Waals surface area contributed by atoms with Gasteiger partial charge in [0.15, 0.2) is 0 Å². The van der Waals surface area contributed by atoms with Crippen LogP contribution in [0.3, 0.4) is 0 Å². The molecule has 0 saturated carbocycles. The molecule has 4 heteroatoms. The Labute approximate surface area is 163 Å². The smallest absolute Gasteiger partial charge is 0.255 e. The molecule has 1 aliphatic carbocycles. The third kappa shape index (κ3) is 4.55. The molecule has 148 valence electrons. The molecule has 0 bridgehead atoms. The van der Waals surface area contributed by atoms with Crippen molar-refractivity contribution in [3.63, 3.8) is 0 Å². The lowest BCUT2D eigenvalue weighted by molar-refractivity contribution is 0.0959. The Bertz CT molecular complexity index is 748. The Morgan fingerprint density at radius 3 is 2.63 bits per heavy atom. The van der Waals surface area contributed by atoms with Crippen molar-refractivity contribution >= 4 is 5.91 Å². The zero-order valence-electron chi connectivity index (χ0n) is 17.1. The number of nitrogens with one attached hydrogen (secondary N) is 1. The number of phenolic OH excluding ortho intramolecular Hbond substituents is 2. The van der Waals surface area contributed by atoms with Gasteiger partial charge < -0.3 is 15.5 Å². The number of aromatic hydroxyl groups is 2. The van der Waals surface area contributed by atoms with Crippen LogP contribution in [0.4, 0.5) is 0 Å². The molecule has 0 heterocycles. The number of amides is 1. The molecule has 2 atom stereocenters. The summed E-state index contributed by atoms with van der Waals surface area (Å²) >= 11 is 0. The molecule has 4 nitrogen and oxygen atoms in total. The topological polar surface area (TPSA) is 69.6 Å². The molecular weight excluding hydrogens is 338 g/mol. The van der Waals surface area contributed by atoms with Gasteiger partial charge in [0.05, 0.1) is 5.56 Å². The van der Waals surface area contributed by atoms with E-state index in [2.05, 4.69) is 31.8 Å². The van der Waals surface area contributed by atoms with E-state index in [1.54, 1.807) is 13.1 Å². The molecule has 3 N–H and O–H groups in total. The molecule has 1 aromatic carbocycles. The average molecular weight is 372 g/mol. The monoisotopic (exact) mass is 371 g/mol. The van der Waals surface area contributed by atoms with Crippen LogP contribution in [-0.4, -0.2) is 23.2 Å². The van der Waals surface area contributed by atoms with Crippen molar-refractivity contribution in [2.45, 2.75) is 65.2 Å². The number of carbonyl (C=O) groups excluding carboxylic acids is 1. The van der Waals surface area contributed by atoms with Gasteiger partial charge in [0, 0.05) is 18.5 Å². The van der Waals surface area contributed by atoms with Gasteiger partial charge in [-0.05, 0) is 57.1 Å². The van der Waals surface area contributed by atoms with Crippen LogP contribution in [-0.2, 0) is 6.42 Å². The van der Waals surface area contributed by atoms with Crippen molar-refractivity contribution in [1.29, 1.82) is 0 Å². The van der Waals surface area contributed by atoms with Gasteiger partial charge in [-0.25, -0.2) is 0 Å². The molecule has 0 aromatic heterocycles. The first kappa shape index (κ1) is 21.1. The standard InChI is InChI=1S/C23H33NO3/c1-6-7-8-9-16-13-19(25)21(22(26)20(16)23(27)24-5)18-12-15(4)10-11-17(18)14(2)3/h12-13,17-18,25-26H,2,6-11H2,1,3-5H3,(H,24,27). The van der Waals surface area contributed by atoms with Gasteiger partial charge in [-0.15, -0.1) is 0 Å². The molecule has 2 unspecified atom stereocenters. The van der Waals surface area contributed by atoms with Crippen molar-refractivity contribution in [3.8, 4) is 11.5 Å². The summed E-state index contributed by atoms with van der Waals surface area (Å²) in [6, 6.07) is 1.67. The quantitative estimate of drug-likeness (QED) is 0.455. The maximum absolute atomic E-state index is 12.5. The van der Waals surface area contributed by atoms with Gasteiger partial charge in [0.1, 0.15) is 11.5 Å². The normalized spacial score (nSPS) is 19.5. The van der Waals surface area contributed by atoms with Crippen LogP contribution in [0.2, 0.25) is 0 Å². The van der Waals surface area contributed by atoms with Gasteiger partial charge >= 0.3 is 0 Å². The third-order valence-electron chi connectivity index (χ3n) is 5.62. The fraction of sp³-hybridized carbons (Fsp3) is 0.522. The van der Waals surface area contributed by atoms with E-state index in [1.807, 2.05) is 6.92 Å². The van der Waals surface area contributed by atoms with Gasteiger partial charge in [-0.1, -0.05) is 43.6 Å². The van der Waals surface area contributed by atoms with E-state index >= 15 is 0 Å². The minimum absolute atomic E-state index is 0.0638. The lowest BCUT2D eigenvalue weighted by Gasteiger charge is -2.32. The van der Waals surface area contributed by atoms with E-state index in [4.69, 9.17) is 0 Å². The third-order valence-corrected chi connectivity index (χ3v) is 5.62. The number of rotatable bonds is 7. The molecule has 0 spiro atoms. The van der Waals surface area contributed by atoms with Gasteiger partial charge in [-0.3, -0.25) is 4.79 Å². The fourth-order valence-electron chi connectivity index (χ4n) is 4.10. The van der Waals surface area contributed by atoms with Crippen molar-refractivity contribution in [2.75, 3.05) is 7.05 Å². The zero-order chi connectivity index (χ0) is 20.1. The summed E-state index contributed by atoms with van der Waals surface area (Å²) in [5.41, 5.74) is 3.68. The summed E-state index contributed by atoms with van der Waals surface area (Å²) < 4.78 is 0. The van der Waals surface area contributed by atoms with Crippen LogP contribution < -0.4 is 5.32 Å². The average Bonchev–Trinajstić information content (AvgIpc) is 2.61. The maximum atomic E-state index is 12.5. The second kappa shape index (κ2) is 9.12. The van der Waals surface area contributed by atoms with Crippen LogP contribution >= 0.6 is 0 Å². The molecule has 0 aliphatic heterocycles. The van der Waals surface area contributed by atoms with Crippen LogP contribution in [0.1, 0.15) is 80.3 Å². The van der Waals surface area contributed by atoms with E-state index < -0.39 is 0 Å². The molecule has 1 aliphatic rings. The van der Waals surface area contributed by atoms with Gasteiger partial charge in [0.2, 0.25) is 0 Å². The maximum Gasteiger partial charge on any atom is 0.255 e. The number of carbonyl (C=O) groups is 1. The van der Waals surface area contributed by atoms with Crippen molar-refractivity contribution in [3.05, 3.63) is 46.6 Å². The number of hydrogen-bond acceptors (Lipinski definition) is 3. The molecular formula is C23H33NO3. The number of unbranched alkanes of at least 4 members (excludes halogenated alkanes) is 2. The number of phenols is 2. The Kier molecular flexibility index (Phi) is 7.11. The van der Waals surface area contributed by atoms with Crippen LogP contribution in [0.5, 0.6) is 11.5 Å². The van der Waals surface area contributed by atoms with Crippen molar-refractivity contribution in [1.82, 2.24) is 5.32 Å². The second-order valence-corrected chi connectivity index (χ2v) is 7.76. The number of benzene rings is 1. The highest BCUT2D eigenvalue weighted by atomic mass is 16.3. The van der Waals surface area contributed by atoms with Gasteiger partial charge in [0.25, 0.3) is 5.91 Å². The van der Waals surface area contributed by atoms with E-state index in [0.29, 0.717) is 23.1 Å². The predicted molar refractivity (Wildman–Crippen MR) is 110 cm³/mol. The minimum atomic E-state index is -0.316. The van der Waals surface area contributed by atoms with E-state index in [0.717, 1.165) is 37.7 Å². The first-order chi connectivity index (χ1) is 12.8. The van der Waals surface area contributed by atoms with Crippen LogP contribution in [0.15, 0.2) is 29.9 Å². The van der Waals surface area contributed by atoms with Crippen molar-refractivity contribution < 1.29 is 15.0 Å². The fourth-order valence-corrected chi connectivity index (χ4v) is 4.10. The van der Waals surface area contributed by atoms with E-state index in [1.165, 1.54) is 5.57 Å². The Balaban J connectivity index is 2.61. The predicted octanol–water partition coefficient (Wildman–Crippen LogP) is 5.21. The summed E-state index contributed by atoms with van der Waals surface area (Å²) in [7, 11) is 1.56. The molecule has 2 rings (SSSR count). The zero-order valence-corrected chi connectivity index (χ0v) is 17.1. The largest absolute Gasteiger partial charge is 0.507 e. The number of aryl methyl sites for hydroxylation is 1. The highest BCUT2D eigenvalue weighted by molar-refractivity contribution is 5.99. The van der Waals surface area contributed by atoms with Gasteiger partial charge in [-0.2, -0.15) is 0 Å². The number of allylic oxidation sites excluding steroid dienone is 3. The summed E-state index contributed by atoms with van der Waals surface area (Å²) in [6.07, 6.45) is 7.68. The summed E-state index contributed by atoms with van der Waals surface area (Å²) in [5.74, 6) is -0.390. The SMILES string of the molecule is C=C(C)C1CCC(C)=CC1c1c(O)cc(CCCCC)c(C(=O)NC)c1O. The van der Waals surface area contributed by atoms with Crippen molar-refractivity contribution in [2.24, 2.45) is 5.92 Å². The summed E-state index contributed by atoms with van der Waals surface area (Å²) in [6.45, 7) is 10.3. The second-order valence-electron chi connectivity index (χ2n) is 7.76. The molecule has 27 heavy (non-hydrogen) atoms. The molecule has 0 saturated heterocycles. The minimum Gasteiger partial charge on any atom is -0.507 e. The van der Waals surface area contributed by atoms with E-state index in [-0.39, 0.29) is 29.2 Å². The highest BCUT2D eigenvalue weighted by Crippen LogP contribution is 2.48. The Morgan fingerprint density at radius 2 is 2.04 bits per heavy atom. The molecule has 0 radical (unpaired) electrons. The number of hydrogen-bond donors (Lipinski definition) is 3. The molecule has 1 aromatic rings. The summed E-state index contributed by atoms with van der Waals surface area (Å²) in [5, 5.41) is 24.5. The lowest BCUT2D eigenvalue weighted by atomic mass is 9.73. The molecule has 0 fully saturated rings.